The molecule has 1 aliphatic rings. The summed E-state index contributed by atoms with van der Waals surface area (Å²) in [5.74, 6) is 0.0508. The number of likely N-dealkylation sites (tertiary alicyclic amines) is 1. The number of hydrogen-bond donors (Lipinski definition) is 0. The van der Waals surface area contributed by atoms with Crippen LogP contribution in [0.5, 0.6) is 0 Å². The van der Waals surface area contributed by atoms with E-state index in [9.17, 15) is 4.79 Å². The van der Waals surface area contributed by atoms with Crippen LogP contribution >= 0.6 is 0 Å². The Morgan fingerprint density at radius 2 is 1.92 bits per heavy atom. The van der Waals surface area contributed by atoms with Gasteiger partial charge in [-0.05, 0) is 27.8 Å². The minimum Gasteiger partial charge on any atom is -0.460 e. The van der Waals surface area contributed by atoms with Crippen molar-refractivity contribution in [2.24, 2.45) is 5.92 Å². The van der Waals surface area contributed by atoms with Crippen molar-refractivity contribution in [3.8, 4) is 0 Å². The molecule has 0 bridgehead atoms. The fraction of sp³-hybridized carbons (Fsp3) is 0.889. The van der Waals surface area contributed by atoms with Crippen LogP contribution < -0.4 is 0 Å². The van der Waals surface area contributed by atoms with Crippen molar-refractivity contribution in [3.05, 3.63) is 0 Å². The summed E-state index contributed by atoms with van der Waals surface area (Å²) < 4.78 is 5.22. The highest BCUT2D eigenvalue weighted by Gasteiger charge is 2.33. The van der Waals surface area contributed by atoms with Crippen molar-refractivity contribution in [1.82, 2.24) is 4.90 Å². The van der Waals surface area contributed by atoms with Crippen LogP contribution in [-0.2, 0) is 9.53 Å². The Morgan fingerprint density at radius 3 is 2.25 bits per heavy atom. The molecule has 0 aliphatic carbocycles. The number of carbonyl (C=O) groups excluding carboxylic acids is 1. The number of esters is 1. The fourth-order valence-corrected chi connectivity index (χ4v) is 1.23. The van der Waals surface area contributed by atoms with E-state index in [0.717, 1.165) is 13.1 Å². The van der Waals surface area contributed by atoms with Crippen molar-refractivity contribution in [3.63, 3.8) is 0 Å². The zero-order chi connectivity index (χ0) is 9.35. The van der Waals surface area contributed by atoms with E-state index in [1.807, 2.05) is 27.8 Å². The molecule has 0 amide bonds. The molecule has 3 nitrogen and oxygen atoms in total. The molecule has 70 valence electrons. The zero-order valence-corrected chi connectivity index (χ0v) is 8.26. The summed E-state index contributed by atoms with van der Waals surface area (Å²) >= 11 is 0. The van der Waals surface area contributed by atoms with Crippen molar-refractivity contribution in [2.75, 3.05) is 20.1 Å². The Labute approximate surface area is 73.7 Å². The summed E-state index contributed by atoms with van der Waals surface area (Å²) in [6.07, 6.45) is 0. The Morgan fingerprint density at radius 1 is 1.42 bits per heavy atom. The molecule has 1 aliphatic heterocycles. The van der Waals surface area contributed by atoms with Crippen LogP contribution in [0.2, 0.25) is 0 Å². The lowest BCUT2D eigenvalue weighted by atomic mass is 10.0. The average Bonchev–Trinajstić information content (AvgIpc) is 1.76. The number of carbonyl (C=O) groups is 1. The van der Waals surface area contributed by atoms with Crippen molar-refractivity contribution < 1.29 is 9.53 Å². The van der Waals surface area contributed by atoms with Gasteiger partial charge in [0, 0.05) is 13.1 Å². The van der Waals surface area contributed by atoms with Gasteiger partial charge >= 0.3 is 5.97 Å². The summed E-state index contributed by atoms with van der Waals surface area (Å²) in [6.45, 7) is 7.37. The maximum Gasteiger partial charge on any atom is 0.312 e. The van der Waals surface area contributed by atoms with Gasteiger partial charge in [-0.2, -0.15) is 0 Å². The molecule has 1 heterocycles. The van der Waals surface area contributed by atoms with Crippen LogP contribution in [0.25, 0.3) is 0 Å². The molecule has 3 heteroatoms. The van der Waals surface area contributed by atoms with Crippen LogP contribution in [0.15, 0.2) is 0 Å². The molecule has 0 radical (unpaired) electrons. The smallest absolute Gasteiger partial charge is 0.312 e. The molecule has 1 fully saturated rings. The quantitative estimate of drug-likeness (QED) is 0.549. The zero-order valence-electron chi connectivity index (χ0n) is 8.26. The van der Waals surface area contributed by atoms with Crippen molar-refractivity contribution in [2.45, 2.75) is 26.4 Å². The van der Waals surface area contributed by atoms with E-state index in [4.69, 9.17) is 4.74 Å². The summed E-state index contributed by atoms with van der Waals surface area (Å²) in [4.78, 5) is 13.4. The van der Waals surface area contributed by atoms with Gasteiger partial charge < -0.3 is 9.64 Å². The van der Waals surface area contributed by atoms with Gasteiger partial charge in [-0.1, -0.05) is 0 Å². The Kier molecular flexibility index (Phi) is 2.42. The molecule has 0 aromatic heterocycles. The van der Waals surface area contributed by atoms with Gasteiger partial charge in [-0.15, -0.1) is 0 Å². The summed E-state index contributed by atoms with van der Waals surface area (Å²) in [5, 5.41) is 0. The van der Waals surface area contributed by atoms with E-state index >= 15 is 0 Å². The van der Waals surface area contributed by atoms with E-state index in [-0.39, 0.29) is 17.5 Å². The molecular weight excluding hydrogens is 154 g/mol. The normalized spacial score (nSPS) is 20.3. The lowest BCUT2D eigenvalue weighted by Crippen LogP contribution is -2.49. The van der Waals surface area contributed by atoms with Gasteiger partial charge in [0.05, 0.1) is 5.92 Å². The lowest BCUT2D eigenvalue weighted by Gasteiger charge is -2.35. The van der Waals surface area contributed by atoms with E-state index < -0.39 is 0 Å². The standard InChI is InChI=1S/C9H17NO2/c1-9(2,3)12-8(11)7-5-10(4)6-7/h7H,5-6H2,1-4H3. The van der Waals surface area contributed by atoms with E-state index in [1.165, 1.54) is 0 Å². The first-order valence-corrected chi connectivity index (χ1v) is 4.30. The molecule has 0 atom stereocenters. The maximum atomic E-state index is 11.3. The highest BCUT2D eigenvalue weighted by molar-refractivity contribution is 5.74. The average molecular weight is 171 g/mol. The van der Waals surface area contributed by atoms with Gasteiger partial charge in [-0.25, -0.2) is 0 Å². The van der Waals surface area contributed by atoms with Gasteiger partial charge in [-0.3, -0.25) is 4.79 Å². The molecule has 0 unspecified atom stereocenters. The number of hydrogen-bond acceptors (Lipinski definition) is 3. The molecular formula is C9H17NO2. The molecule has 12 heavy (non-hydrogen) atoms. The molecule has 1 saturated heterocycles. The van der Waals surface area contributed by atoms with Crippen molar-refractivity contribution in [1.29, 1.82) is 0 Å². The molecule has 1 rings (SSSR count). The second kappa shape index (κ2) is 3.05. The third-order valence-corrected chi connectivity index (χ3v) is 1.80. The third kappa shape index (κ3) is 2.48. The number of ether oxygens (including phenoxy) is 1. The van der Waals surface area contributed by atoms with Crippen LogP contribution in [0, 0.1) is 5.92 Å². The summed E-state index contributed by atoms with van der Waals surface area (Å²) in [5.41, 5.74) is -0.342. The van der Waals surface area contributed by atoms with E-state index in [2.05, 4.69) is 4.90 Å². The molecule has 0 aromatic carbocycles. The van der Waals surface area contributed by atoms with Crippen LogP contribution in [0.4, 0.5) is 0 Å². The topological polar surface area (TPSA) is 29.5 Å². The minimum absolute atomic E-state index is 0.0550. The molecule has 0 spiro atoms. The fourth-order valence-electron chi connectivity index (χ4n) is 1.23. The van der Waals surface area contributed by atoms with Crippen LogP contribution in [-0.4, -0.2) is 36.6 Å². The highest BCUT2D eigenvalue weighted by atomic mass is 16.6. The second-order valence-corrected chi connectivity index (χ2v) is 4.45. The first-order valence-electron chi connectivity index (χ1n) is 4.30. The van der Waals surface area contributed by atoms with Gasteiger partial charge in [0.15, 0.2) is 0 Å². The van der Waals surface area contributed by atoms with Gasteiger partial charge in [0.2, 0.25) is 0 Å². The Hall–Kier alpha value is -0.570. The third-order valence-electron chi connectivity index (χ3n) is 1.80. The van der Waals surface area contributed by atoms with Gasteiger partial charge in [0.25, 0.3) is 0 Å². The SMILES string of the molecule is CN1CC(C(=O)OC(C)(C)C)C1. The van der Waals surface area contributed by atoms with E-state index in [0.29, 0.717) is 0 Å². The molecule has 0 N–H and O–H groups in total. The molecule has 0 saturated carbocycles. The minimum atomic E-state index is -0.342. The largest absolute Gasteiger partial charge is 0.460 e. The van der Waals surface area contributed by atoms with Crippen LogP contribution in [0.3, 0.4) is 0 Å². The maximum absolute atomic E-state index is 11.3. The monoisotopic (exact) mass is 171 g/mol. The second-order valence-electron chi connectivity index (χ2n) is 4.45. The Bertz CT molecular complexity index is 177. The van der Waals surface area contributed by atoms with Crippen molar-refractivity contribution >= 4 is 5.97 Å². The number of rotatable bonds is 1. The molecule has 0 aromatic rings. The predicted molar refractivity (Wildman–Crippen MR) is 46.8 cm³/mol. The first kappa shape index (κ1) is 9.52. The lowest BCUT2D eigenvalue weighted by molar-refractivity contribution is -0.165. The summed E-state index contributed by atoms with van der Waals surface area (Å²) in [7, 11) is 2.00. The Balaban J connectivity index is 2.30. The van der Waals surface area contributed by atoms with Gasteiger partial charge in [0.1, 0.15) is 5.60 Å². The number of nitrogens with zero attached hydrogens (tertiary/aromatic N) is 1. The first-order chi connectivity index (χ1) is 5.38. The summed E-state index contributed by atoms with van der Waals surface area (Å²) in [6, 6.07) is 0. The van der Waals surface area contributed by atoms with E-state index in [1.54, 1.807) is 0 Å². The van der Waals surface area contributed by atoms with Crippen LogP contribution in [0.1, 0.15) is 20.8 Å². The predicted octanol–water partition coefficient (Wildman–Crippen LogP) is 0.890. The highest BCUT2D eigenvalue weighted by Crippen LogP contribution is 2.18.